The van der Waals surface area contributed by atoms with Crippen molar-refractivity contribution in [2.24, 2.45) is 0 Å². The predicted molar refractivity (Wildman–Crippen MR) is 86.3 cm³/mol. The minimum absolute atomic E-state index is 0.175. The Bertz CT molecular complexity index is 781. The summed E-state index contributed by atoms with van der Waals surface area (Å²) in [6.07, 6.45) is 0. The molecular formula is C16H15F2N3O3. The fourth-order valence-electron chi connectivity index (χ4n) is 1.95. The molecule has 8 heteroatoms. The second kappa shape index (κ2) is 7.40. The summed E-state index contributed by atoms with van der Waals surface area (Å²) in [7, 11) is 1.41. The van der Waals surface area contributed by atoms with Crippen molar-refractivity contribution in [1.29, 1.82) is 0 Å². The summed E-state index contributed by atoms with van der Waals surface area (Å²) in [4.78, 5) is 23.1. The van der Waals surface area contributed by atoms with Gasteiger partial charge in [-0.25, -0.2) is 13.6 Å². The number of hydrogen-bond donors (Lipinski definition) is 3. The van der Waals surface area contributed by atoms with Gasteiger partial charge in [0.2, 0.25) is 5.91 Å². The van der Waals surface area contributed by atoms with Gasteiger partial charge in [-0.2, -0.15) is 0 Å². The van der Waals surface area contributed by atoms with E-state index in [0.29, 0.717) is 17.5 Å². The summed E-state index contributed by atoms with van der Waals surface area (Å²) in [6.45, 7) is 1.35. The third-order valence-corrected chi connectivity index (χ3v) is 2.95. The van der Waals surface area contributed by atoms with Crippen molar-refractivity contribution in [3.05, 3.63) is 48.0 Å². The van der Waals surface area contributed by atoms with Gasteiger partial charge < -0.3 is 20.7 Å². The molecule has 2 aromatic carbocycles. The first-order valence-electron chi connectivity index (χ1n) is 6.87. The number of nitrogens with one attached hydrogen (secondary N) is 3. The zero-order chi connectivity index (χ0) is 17.7. The first-order chi connectivity index (χ1) is 11.4. The number of urea groups is 1. The quantitative estimate of drug-likeness (QED) is 0.799. The summed E-state index contributed by atoms with van der Waals surface area (Å²) in [5.41, 5.74) is 0.543. The van der Waals surface area contributed by atoms with Crippen molar-refractivity contribution in [2.45, 2.75) is 6.92 Å². The van der Waals surface area contributed by atoms with Crippen LogP contribution in [-0.2, 0) is 4.79 Å². The van der Waals surface area contributed by atoms with Crippen LogP contribution in [0.1, 0.15) is 6.92 Å². The highest BCUT2D eigenvalue weighted by molar-refractivity contribution is 6.01. The van der Waals surface area contributed by atoms with Gasteiger partial charge in [-0.1, -0.05) is 0 Å². The fraction of sp³-hybridized carbons (Fsp3) is 0.125. The second-order valence-electron chi connectivity index (χ2n) is 4.80. The Morgan fingerprint density at radius 3 is 2.29 bits per heavy atom. The smallest absolute Gasteiger partial charge is 0.323 e. The van der Waals surface area contributed by atoms with Gasteiger partial charge in [0.05, 0.1) is 18.5 Å². The third-order valence-electron chi connectivity index (χ3n) is 2.95. The highest BCUT2D eigenvalue weighted by atomic mass is 19.1. The Kier molecular flexibility index (Phi) is 5.31. The van der Waals surface area contributed by atoms with Crippen molar-refractivity contribution in [3.63, 3.8) is 0 Å². The van der Waals surface area contributed by atoms with E-state index in [9.17, 15) is 18.4 Å². The molecule has 0 bridgehead atoms. The molecule has 3 amide bonds. The molecule has 0 fully saturated rings. The van der Waals surface area contributed by atoms with E-state index in [1.165, 1.54) is 20.1 Å². The number of benzene rings is 2. The normalized spacial score (nSPS) is 10.0. The van der Waals surface area contributed by atoms with Gasteiger partial charge >= 0.3 is 6.03 Å². The van der Waals surface area contributed by atoms with E-state index in [2.05, 4.69) is 16.0 Å². The van der Waals surface area contributed by atoms with Crippen molar-refractivity contribution >= 4 is 29.0 Å². The number of methoxy groups -OCH3 is 1. The Labute approximate surface area is 136 Å². The van der Waals surface area contributed by atoms with Gasteiger partial charge in [-0.3, -0.25) is 4.79 Å². The molecule has 0 spiro atoms. The number of hydrogen-bond acceptors (Lipinski definition) is 3. The molecule has 0 aliphatic carbocycles. The number of amides is 3. The number of anilines is 3. The standard InChI is InChI=1S/C16H15F2N3O3/c1-9(22)19-11-4-6-15(24-2)14(8-11)21-16(23)20-13-5-3-10(17)7-12(13)18/h3-8H,1-2H3,(H,19,22)(H2,20,21,23). The molecular weight excluding hydrogens is 320 g/mol. The van der Waals surface area contributed by atoms with E-state index in [0.717, 1.165) is 12.1 Å². The zero-order valence-corrected chi connectivity index (χ0v) is 12.9. The van der Waals surface area contributed by atoms with Crippen LogP contribution in [0.2, 0.25) is 0 Å². The van der Waals surface area contributed by atoms with Crippen LogP contribution in [0.3, 0.4) is 0 Å². The molecule has 0 aliphatic heterocycles. The molecule has 24 heavy (non-hydrogen) atoms. The number of halogens is 2. The van der Waals surface area contributed by atoms with E-state index >= 15 is 0 Å². The van der Waals surface area contributed by atoms with Crippen LogP contribution in [0, 0.1) is 11.6 Å². The highest BCUT2D eigenvalue weighted by Crippen LogP contribution is 2.28. The van der Waals surface area contributed by atoms with Gasteiger partial charge in [0.25, 0.3) is 0 Å². The lowest BCUT2D eigenvalue weighted by Gasteiger charge is -2.13. The maximum absolute atomic E-state index is 13.5. The molecule has 126 valence electrons. The minimum atomic E-state index is -0.899. The van der Waals surface area contributed by atoms with Crippen molar-refractivity contribution in [3.8, 4) is 5.75 Å². The Balaban J connectivity index is 2.16. The van der Waals surface area contributed by atoms with E-state index in [1.807, 2.05) is 0 Å². The van der Waals surface area contributed by atoms with Gasteiger partial charge in [0, 0.05) is 18.7 Å². The fourth-order valence-corrected chi connectivity index (χ4v) is 1.95. The summed E-state index contributed by atoms with van der Waals surface area (Å²) in [5, 5.41) is 7.31. The molecule has 3 N–H and O–H groups in total. The molecule has 0 unspecified atom stereocenters. The molecule has 2 aromatic rings. The molecule has 0 aliphatic rings. The monoisotopic (exact) mass is 335 g/mol. The maximum Gasteiger partial charge on any atom is 0.323 e. The van der Waals surface area contributed by atoms with Gasteiger partial charge in [0.15, 0.2) is 0 Å². The van der Waals surface area contributed by atoms with Gasteiger partial charge in [0.1, 0.15) is 17.4 Å². The topological polar surface area (TPSA) is 79.5 Å². The third kappa shape index (κ3) is 4.42. The van der Waals surface area contributed by atoms with Gasteiger partial charge in [-0.05, 0) is 30.3 Å². The van der Waals surface area contributed by atoms with Crippen LogP contribution in [0.4, 0.5) is 30.6 Å². The van der Waals surface area contributed by atoms with E-state index in [1.54, 1.807) is 12.1 Å². The maximum atomic E-state index is 13.5. The molecule has 0 radical (unpaired) electrons. The van der Waals surface area contributed by atoms with Gasteiger partial charge in [-0.15, -0.1) is 0 Å². The molecule has 0 saturated carbocycles. The number of carbonyl (C=O) groups excluding carboxylic acids is 2. The van der Waals surface area contributed by atoms with Crippen LogP contribution >= 0.6 is 0 Å². The summed E-state index contributed by atoms with van der Waals surface area (Å²) < 4.78 is 31.5. The highest BCUT2D eigenvalue weighted by Gasteiger charge is 2.12. The average Bonchev–Trinajstić information content (AvgIpc) is 2.50. The lowest BCUT2D eigenvalue weighted by atomic mass is 10.2. The lowest BCUT2D eigenvalue weighted by molar-refractivity contribution is -0.114. The van der Waals surface area contributed by atoms with Crippen LogP contribution in [0.5, 0.6) is 5.75 Å². The lowest BCUT2D eigenvalue weighted by Crippen LogP contribution is -2.20. The minimum Gasteiger partial charge on any atom is -0.495 e. The predicted octanol–water partition coefficient (Wildman–Crippen LogP) is 3.58. The van der Waals surface area contributed by atoms with E-state index in [4.69, 9.17) is 4.74 Å². The first-order valence-corrected chi connectivity index (χ1v) is 6.87. The molecule has 0 saturated heterocycles. The van der Waals surface area contributed by atoms with Crippen LogP contribution in [0.25, 0.3) is 0 Å². The summed E-state index contributed by atoms with van der Waals surface area (Å²) in [6, 6.07) is 6.68. The Morgan fingerprint density at radius 2 is 1.67 bits per heavy atom. The molecule has 0 heterocycles. The Hall–Kier alpha value is -3.16. The molecule has 6 nitrogen and oxygen atoms in total. The van der Waals surface area contributed by atoms with Crippen molar-refractivity contribution in [2.75, 3.05) is 23.1 Å². The first kappa shape index (κ1) is 17.2. The zero-order valence-electron chi connectivity index (χ0n) is 12.9. The molecule has 0 aromatic heterocycles. The van der Waals surface area contributed by atoms with Crippen molar-refractivity contribution < 1.29 is 23.1 Å². The summed E-state index contributed by atoms with van der Waals surface area (Å²) >= 11 is 0. The SMILES string of the molecule is COc1ccc(NC(C)=O)cc1NC(=O)Nc1ccc(F)cc1F. The molecule has 0 atom stereocenters. The summed E-state index contributed by atoms with van der Waals surface area (Å²) in [5.74, 6) is -1.57. The van der Waals surface area contributed by atoms with Crippen LogP contribution in [0.15, 0.2) is 36.4 Å². The van der Waals surface area contributed by atoms with E-state index < -0.39 is 17.7 Å². The van der Waals surface area contributed by atoms with Crippen LogP contribution < -0.4 is 20.7 Å². The average molecular weight is 335 g/mol. The molecule has 2 rings (SSSR count). The second-order valence-corrected chi connectivity index (χ2v) is 4.80. The number of carbonyl (C=O) groups is 2. The number of ether oxygens (including phenoxy) is 1. The Morgan fingerprint density at radius 1 is 0.958 bits per heavy atom. The number of rotatable bonds is 4. The van der Waals surface area contributed by atoms with Crippen molar-refractivity contribution in [1.82, 2.24) is 0 Å². The largest absolute Gasteiger partial charge is 0.495 e. The van der Waals surface area contributed by atoms with Crippen LogP contribution in [-0.4, -0.2) is 19.0 Å². The van der Waals surface area contributed by atoms with E-state index in [-0.39, 0.29) is 17.3 Å².